The van der Waals surface area contributed by atoms with Crippen molar-refractivity contribution in [2.24, 2.45) is 0 Å². The van der Waals surface area contributed by atoms with Crippen LogP contribution in [0.3, 0.4) is 0 Å². The van der Waals surface area contributed by atoms with E-state index in [0.717, 1.165) is 0 Å². The van der Waals surface area contributed by atoms with Gasteiger partial charge >= 0.3 is 0 Å². The molecule has 0 spiro atoms. The van der Waals surface area contributed by atoms with Gasteiger partial charge in [-0.05, 0) is 43.3 Å². The zero-order chi connectivity index (χ0) is 15.9. The highest BCUT2D eigenvalue weighted by atomic mass is 19.1. The van der Waals surface area contributed by atoms with E-state index in [9.17, 15) is 9.18 Å². The number of benzene rings is 2. The lowest BCUT2D eigenvalue weighted by molar-refractivity contribution is -0.120. The second-order valence-corrected chi connectivity index (χ2v) is 4.51. The highest BCUT2D eigenvalue weighted by Gasteiger charge is 2.15. The van der Waals surface area contributed by atoms with E-state index in [1.54, 1.807) is 36.4 Å². The Morgan fingerprint density at radius 3 is 2.55 bits per heavy atom. The van der Waals surface area contributed by atoms with E-state index in [2.05, 4.69) is 0 Å². The number of nitrogens with zero attached hydrogens (tertiary/aromatic N) is 2. The minimum absolute atomic E-state index is 0.191. The molecule has 1 amide bonds. The van der Waals surface area contributed by atoms with Crippen LogP contribution in [0.4, 0.5) is 10.1 Å². The Morgan fingerprint density at radius 2 is 1.91 bits per heavy atom. The summed E-state index contributed by atoms with van der Waals surface area (Å²) in [7, 11) is 0. The topological polar surface area (TPSA) is 53.3 Å². The molecule has 0 aliphatic carbocycles. The average molecular weight is 298 g/mol. The molecule has 0 unspecified atom stereocenters. The normalized spacial score (nSPS) is 9.86. The molecule has 112 valence electrons. The molecular formula is C17H15FN2O2. The van der Waals surface area contributed by atoms with Crippen molar-refractivity contribution in [2.75, 3.05) is 18.1 Å². The van der Waals surface area contributed by atoms with Gasteiger partial charge in [-0.3, -0.25) is 4.79 Å². The summed E-state index contributed by atoms with van der Waals surface area (Å²) >= 11 is 0. The molecule has 0 N–H and O–H groups in total. The fourth-order valence-electron chi connectivity index (χ4n) is 2.03. The van der Waals surface area contributed by atoms with E-state index in [0.29, 0.717) is 23.5 Å². The number of rotatable bonds is 5. The summed E-state index contributed by atoms with van der Waals surface area (Å²) in [6, 6.07) is 14.4. The van der Waals surface area contributed by atoms with Crippen LogP contribution in [0.25, 0.3) is 0 Å². The van der Waals surface area contributed by atoms with Gasteiger partial charge in [0.25, 0.3) is 5.91 Å². The maximum atomic E-state index is 12.9. The largest absolute Gasteiger partial charge is 0.482 e. The molecule has 0 saturated carbocycles. The van der Waals surface area contributed by atoms with E-state index in [4.69, 9.17) is 10.00 Å². The Balaban J connectivity index is 2.07. The predicted octanol–water partition coefficient (Wildman–Crippen LogP) is 3.13. The number of para-hydroxylation sites is 1. The van der Waals surface area contributed by atoms with Crippen LogP contribution in [0.15, 0.2) is 48.5 Å². The third kappa shape index (κ3) is 3.61. The summed E-state index contributed by atoms with van der Waals surface area (Å²) in [4.78, 5) is 13.8. The lowest BCUT2D eigenvalue weighted by atomic mass is 10.2. The predicted molar refractivity (Wildman–Crippen MR) is 81.1 cm³/mol. The van der Waals surface area contributed by atoms with Crippen molar-refractivity contribution in [3.8, 4) is 11.8 Å². The lowest BCUT2D eigenvalue weighted by Gasteiger charge is -2.21. The number of amides is 1. The van der Waals surface area contributed by atoms with Crippen LogP contribution in [0.1, 0.15) is 12.5 Å². The molecule has 0 aliphatic rings. The molecule has 2 rings (SSSR count). The molecule has 0 atom stereocenters. The summed E-state index contributed by atoms with van der Waals surface area (Å²) in [5.41, 5.74) is 0.978. The highest BCUT2D eigenvalue weighted by molar-refractivity contribution is 5.94. The molecule has 0 heterocycles. The molecule has 5 heteroatoms. The number of hydrogen-bond donors (Lipinski definition) is 0. The van der Waals surface area contributed by atoms with E-state index >= 15 is 0 Å². The highest BCUT2D eigenvalue weighted by Crippen LogP contribution is 2.18. The molecule has 0 radical (unpaired) electrons. The first-order chi connectivity index (χ1) is 10.7. The first-order valence-corrected chi connectivity index (χ1v) is 6.83. The molecule has 0 aromatic heterocycles. The summed E-state index contributed by atoms with van der Waals surface area (Å²) in [6.07, 6.45) is 0. The number of ether oxygens (including phenoxy) is 1. The van der Waals surface area contributed by atoms with Crippen molar-refractivity contribution in [1.82, 2.24) is 0 Å². The van der Waals surface area contributed by atoms with Crippen LogP contribution < -0.4 is 9.64 Å². The summed E-state index contributed by atoms with van der Waals surface area (Å²) < 4.78 is 18.4. The number of likely N-dealkylation sites (N-methyl/N-ethyl adjacent to an activating group) is 1. The first-order valence-electron chi connectivity index (χ1n) is 6.83. The van der Waals surface area contributed by atoms with Gasteiger partial charge in [-0.25, -0.2) is 4.39 Å². The lowest BCUT2D eigenvalue weighted by Crippen LogP contribution is -2.34. The van der Waals surface area contributed by atoms with Gasteiger partial charge in [-0.1, -0.05) is 12.1 Å². The molecule has 2 aromatic rings. The van der Waals surface area contributed by atoms with Gasteiger partial charge in [0.1, 0.15) is 17.6 Å². The van der Waals surface area contributed by atoms with E-state index in [1.807, 2.05) is 13.0 Å². The van der Waals surface area contributed by atoms with Crippen molar-refractivity contribution >= 4 is 11.6 Å². The van der Waals surface area contributed by atoms with Crippen LogP contribution in [-0.4, -0.2) is 19.1 Å². The van der Waals surface area contributed by atoms with Crippen molar-refractivity contribution in [3.63, 3.8) is 0 Å². The SMILES string of the molecule is CCN(C(=O)COc1ccccc1C#N)c1ccc(F)cc1. The Kier molecular flexibility index (Phi) is 5.10. The number of hydrogen-bond acceptors (Lipinski definition) is 3. The van der Waals surface area contributed by atoms with Gasteiger partial charge in [-0.15, -0.1) is 0 Å². The van der Waals surface area contributed by atoms with E-state index < -0.39 is 0 Å². The maximum Gasteiger partial charge on any atom is 0.264 e. The van der Waals surface area contributed by atoms with Gasteiger partial charge in [0.2, 0.25) is 0 Å². The smallest absolute Gasteiger partial charge is 0.264 e. The number of nitriles is 1. The van der Waals surface area contributed by atoms with Crippen LogP contribution >= 0.6 is 0 Å². The monoisotopic (exact) mass is 298 g/mol. The molecule has 22 heavy (non-hydrogen) atoms. The second kappa shape index (κ2) is 7.23. The minimum Gasteiger partial charge on any atom is -0.482 e. The Bertz CT molecular complexity index is 693. The van der Waals surface area contributed by atoms with Crippen LogP contribution in [0, 0.1) is 17.1 Å². The molecule has 2 aromatic carbocycles. The van der Waals surface area contributed by atoms with Gasteiger partial charge < -0.3 is 9.64 Å². The van der Waals surface area contributed by atoms with Gasteiger partial charge in [0, 0.05) is 12.2 Å². The Hall–Kier alpha value is -2.87. The number of carbonyl (C=O) groups is 1. The van der Waals surface area contributed by atoms with Gasteiger partial charge in [0.15, 0.2) is 6.61 Å². The zero-order valence-corrected chi connectivity index (χ0v) is 12.1. The number of anilines is 1. The van der Waals surface area contributed by atoms with Gasteiger partial charge in [-0.2, -0.15) is 5.26 Å². The molecule has 0 bridgehead atoms. The van der Waals surface area contributed by atoms with Gasteiger partial charge in [0.05, 0.1) is 5.56 Å². The minimum atomic E-state index is -0.355. The second-order valence-electron chi connectivity index (χ2n) is 4.51. The molecule has 4 nitrogen and oxygen atoms in total. The quantitative estimate of drug-likeness (QED) is 0.852. The fraction of sp³-hybridized carbons (Fsp3) is 0.176. The molecular weight excluding hydrogens is 283 g/mol. The fourth-order valence-corrected chi connectivity index (χ4v) is 2.03. The molecule has 0 saturated heterocycles. The van der Waals surface area contributed by atoms with E-state index in [-0.39, 0.29) is 18.3 Å². The average Bonchev–Trinajstić information content (AvgIpc) is 2.55. The molecule has 0 fully saturated rings. The standard InChI is InChI=1S/C17H15FN2O2/c1-2-20(15-9-7-14(18)8-10-15)17(21)12-22-16-6-4-3-5-13(16)11-19/h3-10H,2,12H2,1H3. The Morgan fingerprint density at radius 1 is 1.23 bits per heavy atom. The maximum absolute atomic E-state index is 12.9. The van der Waals surface area contributed by atoms with Crippen LogP contribution in [-0.2, 0) is 4.79 Å². The van der Waals surface area contributed by atoms with Crippen LogP contribution in [0.5, 0.6) is 5.75 Å². The third-order valence-corrected chi connectivity index (χ3v) is 3.11. The van der Waals surface area contributed by atoms with Crippen molar-refractivity contribution in [2.45, 2.75) is 6.92 Å². The first kappa shape index (κ1) is 15.5. The molecule has 0 aliphatic heterocycles. The number of halogens is 1. The number of carbonyl (C=O) groups excluding carboxylic acids is 1. The Labute approximate surface area is 128 Å². The zero-order valence-electron chi connectivity index (χ0n) is 12.1. The van der Waals surface area contributed by atoms with Crippen LogP contribution in [0.2, 0.25) is 0 Å². The van der Waals surface area contributed by atoms with Crippen molar-refractivity contribution in [3.05, 3.63) is 59.9 Å². The summed E-state index contributed by atoms with van der Waals surface area (Å²) in [5.74, 6) is -0.248. The van der Waals surface area contributed by atoms with E-state index in [1.165, 1.54) is 17.0 Å². The summed E-state index contributed by atoms with van der Waals surface area (Å²) in [6.45, 7) is 2.07. The van der Waals surface area contributed by atoms with Crippen molar-refractivity contribution in [1.29, 1.82) is 5.26 Å². The third-order valence-electron chi connectivity index (χ3n) is 3.11. The van der Waals surface area contributed by atoms with Crippen molar-refractivity contribution < 1.29 is 13.9 Å². The summed E-state index contributed by atoms with van der Waals surface area (Å²) in [5, 5.41) is 8.98.